The Labute approximate surface area is 133 Å². The summed E-state index contributed by atoms with van der Waals surface area (Å²) in [7, 11) is -3.64. The molecule has 0 bridgehead atoms. The zero-order valence-corrected chi connectivity index (χ0v) is 14.3. The van der Waals surface area contributed by atoms with Gasteiger partial charge in [-0.25, -0.2) is 13.4 Å². The highest BCUT2D eigenvalue weighted by molar-refractivity contribution is 7.91. The molecule has 0 N–H and O–H groups in total. The third-order valence-electron chi connectivity index (χ3n) is 2.89. The first-order valence-corrected chi connectivity index (χ1v) is 9.00. The van der Waals surface area contributed by atoms with E-state index in [1.807, 2.05) is 19.9 Å². The number of aryl methyl sites for hydroxylation is 1. The Balaban J connectivity index is 2.40. The van der Waals surface area contributed by atoms with E-state index >= 15 is 0 Å². The van der Waals surface area contributed by atoms with Crippen molar-refractivity contribution in [2.45, 2.75) is 37.6 Å². The van der Waals surface area contributed by atoms with Crippen LogP contribution in [0.2, 0.25) is 4.47 Å². The first-order valence-electron chi connectivity index (χ1n) is 6.37. The summed E-state index contributed by atoms with van der Waals surface area (Å²) in [5.74, 6) is 0. The fourth-order valence-electron chi connectivity index (χ4n) is 1.89. The van der Waals surface area contributed by atoms with E-state index in [1.54, 1.807) is 25.3 Å². The number of thiazole rings is 1. The van der Waals surface area contributed by atoms with Gasteiger partial charge in [-0.3, -0.25) is 4.98 Å². The fourth-order valence-corrected chi connectivity index (χ4v) is 5.35. The Morgan fingerprint density at radius 1 is 1.38 bits per heavy atom. The molecule has 0 aliphatic rings. The lowest BCUT2D eigenvalue weighted by atomic mass is 10.3. The average molecular weight is 346 g/mol. The van der Waals surface area contributed by atoms with Crippen molar-refractivity contribution in [3.8, 4) is 0 Å². The minimum absolute atomic E-state index is 0.192. The lowest BCUT2D eigenvalue weighted by Gasteiger charge is -2.25. The van der Waals surface area contributed by atoms with Gasteiger partial charge in [-0.2, -0.15) is 4.31 Å². The Morgan fingerprint density at radius 3 is 2.57 bits per heavy atom. The quantitative estimate of drug-likeness (QED) is 0.835. The van der Waals surface area contributed by atoms with Gasteiger partial charge in [0.1, 0.15) is 0 Å². The molecule has 0 unspecified atom stereocenters. The van der Waals surface area contributed by atoms with Crippen LogP contribution >= 0.6 is 22.9 Å². The smallest absolute Gasteiger partial charge is 0.255 e. The molecule has 0 aromatic carbocycles. The molecule has 21 heavy (non-hydrogen) atoms. The summed E-state index contributed by atoms with van der Waals surface area (Å²) in [6.07, 6.45) is 1.65. The van der Waals surface area contributed by atoms with Crippen LogP contribution in [0.5, 0.6) is 0 Å². The molecular weight excluding hydrogens is 330 g/mol. The molecule has 5 nitrogen and oxygen atoms in total. The highest BCUT2D eigenvalue weighted by Gasteiger charge is 2.31. The molecule has 2 aromatic rings. The molecule has 2 heterocycles. The van der Waals surface area contributed by atoms with Crippen LogP contribution in [0, 0.1) is 6.92 Å². The van der Waals surface area contributed by atoms with Crippen LogP contribution in [-0.2, 0) is 16.6 Å². The predicted octanol–water partition coefficient (Wildman–Crippen LogP) is 3.10. The first kappa shape index (κ1) is 16.4. The van der Waals surface area contributed by atoms with E-state index in [0.29, 0.717) is 11.4 Å². The average Bonchev–Trinajstić information content (AvgIpc) is 2.76. The SMILES string of the molecule is Cc1nc(Cl)sc1S(=O)(=O)N(Cc1ccccn1)C(C)C. The minimum Gasteiger partial charge on any atom is -0.260 e. The van der Waals surface area contributed by atoms with E-state index in [4.69, 9.17) is 11.6 Å². The van der Waals surface area contributed by atoms with E-state index in [-0.39, 0.29) is 21.3 Å². The van der Waals surface area contributed by atoms with Crippen molar-refractivity contribution in [2.24, 2.45) is 0 Å². The van der Waals surface area contributed by atoms with E-state index in [1.165, 1.54) is 4.31 Å². The zero-order valence-electron chi connectivity index (χ0n) is 11.9. The number of sulfonamides is 1. The number of pyridine rings is 1. The molecule has 2 aromatic heterocycles. The van der Waals surface area contributed by atoms with Gasteiger partial charge in [-0.05, 0) is 32.9 Å². The summed E-state index contributed by atoms with van der Waals surface area (Å²) in [5, 5.41) is 0. The lowest BCUT2D eigenvalue weighted by molar-refractivity contribution is 0.345. The number of hydrogen-bond acceptors (Lipinski definition) is 5. The van der Waals surface area contributed by atoms with Crippen molar-refractivity contribution in [3.63, 3.8) is 0 Å². The lowest BCUT2D eigenvalue weighted by Crippen LogP contribution is -2.36. The minimum atomic E-state index is -3.64. The highest BCUT2D eigenvalue weighted by Crippen LogP contribution is 2.30. The van der Waals surface area contributed by atoms with Gasteiger partial charge < -0.3 is 0 Å². The standard InChI is InChI=1S/C13H16ClN3O2S2/c1-9(2)17(8-11-6-4-5-7-15-11)21(18,19)12-10(3)16-13(14)20-12/h4-7,9H,8H2,1-3H3. The summed E-state index contributed by atoms with van der Waals surface area (Å²) in [6.45, 7) is 5.53. The van der Waals surface area contributed by atoms with Crippen molar-refractivity contribution in [1.82, 2.24) is 14.3 Å². The predicted molar refractivity (Wildman–Crippen MR) is 84.0 cm³/mol. The molecule has 0 atom stereocenters. The van der Waals surface area contributed by atoms with Crippen LogP contribution in [0.1, 0.15) is 25.2 Å². The largest absolute Gasteiger partial charge is 0.260 e. The monoisotopic (exact) mass is 345 g/mol. The van der Waals surface area contributed by atoms with Gasteiger partial charge in [0.2, 0.25) is 0 Å². The normalized spacial score (nSPS) is 12.3. The van der Waals surface area contributed by atoms with Crippen molar-refractivity contribution < 1.29 is 8.42 Å². The van der Waals surface area contributed by atoms with Gasteiger partial charge in [-0.15, -0.1) is 0 Å². The van der Waals surface area contributed by atoms with E-state index in [0.717, 1.165) is 11.3 Å². The molecule has 0 spiro atoms. The molecule has 0 saturated heterocycles. The number of rotatable bonds is 5. The maximum absolute atomic E-state index is 12.8. The number of halogens is 1. The molecule has 0 aliphatic carbocycles. The van der Waals surface area contributed by atoms with Gasteiger partial charge in [0.05, 0.1) is 17.9 Å². The van der Waals surface area contributed by atoms with E-state index in [2.05, 4.69) is 9.97 Å². The van der Waals surface area contributed by atoms with Gasteiger partial charge in [0.25, 0.3) is 10.0 Å². The number of aromatic nitrogens is 2. The van der Waals surface area contributed by atoms with Crippen molar-refractivity contribution >= 4 is 33.0 Å². The molecule has 0 radical (unpaired) electrons. The molecule has 8 heteroatoms. The summed E-state index contributed by atoms with van der Waals surface area (Å²) >= 11 is 6.81. The number of nitrogens with zero attached hydrogens (tertiary/aromatic N) is 3. The van der Waals surface area contributed by atoms with Gasteiger partial charge in [0, 0.05) is 12.2 Å². The first-order chi connectivity index (χ1) is 9.82. The van der Waals surface area contributed by atoms with Crippen molar-refractivity contribution in [3.05, 3.63) is 40.3 Å². The van der Waals surface area contributed by atoms with Crippen LogP contribution < -0.4 is 0 Å². The fraction of sp³-hybridized carbons (Fsp3) is 0.385. The van der Waals surface area contributed by atoms with Crippen LogP contribution in [0.25, 0.3) is 0 Å². The topological polar surface area (TPSA) is 63.2 Å². The summed E-state index contributed by atoms with van der Waals surface area (Å²) in [5.41, 5.74) is 1.12. The van der Waals surface area contributed by atoms with Crippen molar-refractivity contribution in [2.75, 3.05) is 0 Å². The Kier molecular flexibility index (Phi) is 4.98. The second-order valence-electron chi connectivity index (χ2n) is 4.80. The third-order valence-corrected chi connectivity index (χ3v) is 6.76. The third kappa shape index (κ3) is 3.60. The van der Waals surface area contributed by atoms with Crippen LogP contribution in [0.15, 0.2) is 28.6 Å². The van der Waals surface area contributed by atoms with Crippen LogP contribution in [0.3, 0.4) is 0 Å². The maximum Gasteiger partial charge on any atom is 0.255 e. The van der Waals surface area contributed by atoms with E-state index in [9.17, 15) is 8.42 Å². The zero-order chi connectivity index (χ0) is 15.6. The van der Waals surface area contributed by atoms with Crippen molar-refractivity contribution in [1.29, 1.82) is 0 Å². The summed E-state index contributed by atoms with van der Waals surface area (Å²) < 4.78 is 27.5. The van der Waals surface area contributed by atoms with Gasteiger partial charge in [0.15, 0.2) is 8.68 Å². The molecule has 2 rings (SSSR count). The molecule has 0 aliphatic heterocycles. The molecule has 0 saturated carbocycles. The summed E-state index contributed by atoms with van der Waals surface area (Å²) in [6, 6.07) is 5.24. The Hall–Kier alpha value is -1.02. The van der Waals surface area contributed by atoms with E-state index < -0.39 is 10.0 Å². The Morgan fingerprint density at radius 2 is 2.10 bits per heavy atom. The second-order valence-corrected chi connectivity index (χ2v) is 8.47. The number of hydrogen-bond donors (Lipinski definition) is 0. The maximum atomic E-state index is 12.8. The molecule has 114 valence electrons. The molecule has 0 fully saturated rings. The highest BCUT2D eigenvalue weighted by atomic mass is 35.5. The second kappa shape index (κ2) is 6.39. The Bertz CT molecular complexity index is 714. The molecule has 0 amide bonds. The van der Waals surface area contributed by atoms with Crippen LogP contribution in [-0.4, -0.2) is 28.7 Å². The van der Waals surface area contributed by atoms with Crippen LogP contribution in [0.4, 0.5) is 0 Å². The summed E-state index contributed by atoms with van der Waals surface area (Å²) in [4.78, 5) is 8.18. The van der Waals surface area contributed by atoms with Gasteiger partial charge in [-0.1, -0.05) is 29.0 Å². The van der Waals surface area contributed by atoms with Gasteiger partial charge >= 0.3 is 0 Å². The molecular formula is C13H16ClN3O2S2.